The van der Waals surface area contributed by atoms with E-state index >= 15 is 0 Å². The van der Waals surface area contributed by atoms with Crippen LogP contribution in [-0.2, 0) is 16.2 Å². The Kier molecular flexibility index (Phi) is 18.9. The molecule has 0 unspecified atom stereocenters. The first kappa shape index (κ1) is 79.6. The first-order valence-electron chi connectivity index (χ1n) is 45.2. The lowest BCUT2D eigenvalue weighted by Crippen LogP contribution is -2.14. The molecule has 0 N–H and O–H groups in total. The Morgan fingerprint density at radius 2 is 0.429 bits per heavy atom. The summed E-state index contributed by atoms with van der Waals surface area (Å²) in [5.74, 6) is 5.51. The van der Waals surface area contributed by atoms with E-state index in [2.05, 4.69) is 309 Å². The van der Waals surface area contributed by atoms with Crippen molar-refractivity contribution in [3.05, 3.63) is 427 Å². The lowest BCUT2D eigenvalue weighted by atomic mass is 9.82. The first-order valence-corrected chi connectivity index (χ1v) is 45.2. The van der Waals surface area contributed by atoms with Crippen LogP contribution in [0.5, 0.6) is 0 Å². The summed E-state index contributed by atoms with van der Waals surface area (Å²) in [6.07, 6.45) is 0. The Balaban J connectivity index is 0.000000110. The van der Waals surface area contributed by atoms with Crippen LogP contribution in [0.15, 0.2) is 401 Å². The number of fused-ring (bicyclic) bond motifs is 21. The number of rotatable bonds is 11. The average molecular weight is 1710 g/mol. The van der Waals surface area contributed by atoms with Gasteiger partial charge in [0, 0.05) is 81.9 Å². The fraction of sp³-hybridized carbons (Fsp3) is 0.0826. The van der Waals surface area contributed by atoms with Crippen LogP contribution in [0.3, 0.4) is 0 Å². The van der Waals surface area contributed by atoms with Crippen LogP contribution < -0.4 is 0 Å². The lowest BCUT2D eigenvalue weighted by Gasteiger charge is -2.21. The summed E-state index contributed by atoms with van der Waals surface area (Å²) in [4.78, 5) is 45.2. The Morgan fingerprint density at radius 1 is 0.180 bits per heavy atom. The summed E-state index contributed by atoms with van der Waals surface area (Å²) in [5.41, 5.74) is 34.1. The second-order valence-corrected chi connectivity index (χ2v) is 36.2. The van der Waals surface area contributed by atoms with E-state index in [0.717, 1.165) is 138 Å². The molecule has 632 valence electrons. The second-order valence-electron chi connectivity index (χ2n) is 36.2. The van der Waals surface area contributed by atoms with Crippen LogP contribution in [0.25, 0.3) is 224 Å². The predicted molar refractivity (Wildman–Crippen MR) is 539 cm³/mol. The molecular weight excluding hydrogens is 1630 g/mol. The lowest BCUT2D eigenvalue weighted by molar-refractivity contribution is 0.656. The largest absolute Gasteiger partial charge is 0.455 e. The zero-order valence-electron chi connectivity index (χ0n) is 74.2. The molecule has 6 aromatic heterocycles. The van der Waals surface area contributed by atoms with Gasteiger partial charge in [-0.15, -0.1) is 0 Å². The fourth-order valence-corrected chi connectivity index (χ4v) is 20.6. The number of benzene rings is 17. The maximum Gasteiger partial charge on any atom is 0.167 e. The molecule has 0 fully saturated rings. The van der Waals surface area contributed by atoms with E-state index in [1.807, 2.05) is 127 Å². The summed E-state index contributed by atoms with van der Waals surface area (Å²) in [5, 5.41) is 6.62. The van der Waals surface area contributed by atoms with E-state index < -0.39 is 0 Å². The minimum atomic E-state index is -0.0961. The van der Waals surface area contributed by atoms with Crippen molar-refractivity contribution in [3.63, 3.8) is 0 Å². The van der Waals surface area contributed by atoms with Crippen LogP contribution in [0.1, 0.15) is 80.5 Å². The average Bonchev–Trinajstić information content (AvgIpc) is 1.56. The highest BCUT2D eigenvalue weighted by Gasteiger charge is 2.41. The van der Waals surface area contributed by atoms with Crippen molar-refractivity contribution in [2.45, 2.75) is 64.7 Å². The highest BCUT2D eigenvalue weighted by molar-refractivity contribution is 6.20. The molecule has 0 spiro atoms. The van der Waals surface area contributed by atoms with Gasteiger partial charge >= 0.3 is 0 Å². The minimum Gasteiger partial charge on any atom is -0.455 e. The molecule has 12 heteroatoms. The van der Waals surface area contributed by atoms with Gasteiger partial charge in [0.2, 0.25) is 0 Å². The quantitative estimate of drug-likeness (QED) is 0.121. The molecule has 6 heterocycles. The zero-order chi connectivity index (χ0) is 89.4. The number of aryl methyl sites for hydroxylation is 1. The molecule has 0 atom stereocenters. The number of hydrogen-bond donors (Lipinski definition) is 0. The third-order valence-corrected chi connectivity index (χ3v) is 27.1. The van der Waals surface area contributed by atoms with Crippen molar-refractivity contribution in [1.82, 2.24) is 44.9 Å². The van der Waals surface area contributed by atoms with Crippen molar-refractivity contribution in [3.8, 4) is 158 Å². The summed E-state index contributed by atoms with van der Waals surface area (Å²) in [7, 11) is 0. The van der Waals surface area contributed by atoms with Gasteiger partial charge in [0.25, 0.3) is 0 Å². The standard InChI is InChI=1S/2C42H29N3O.C37H27N3O/c1-42(2)33-23-12-11-20-30(33)36-34(42)24-25-35-37(36)31-21-13-22-32(38(31)46-35)41-44-39(27-16-7-4-8-17-27)43-40(45-41)29-19-10-9-18-28(29)26-14-5-3-6-15-26;1-42(2)33-19-10-9-16-30(33)36-34(42)24-25-35-37(36)31-17-11-18-32(38(31)46-35)41-44-39(28-14-7-4-8-15-28)43-40(45-41)29-22-20-27(21-23-29)26-12-5-3-6-13-26;1-22-11-9-14-24(21-22)35-38-34(23-12-5-4-6-13-23)39-36(40-35)27-17-10-16-26-32-30(41-33(26)27)20-19-29-31(32)25-15-7-8-18-28(25)37(29,2)3/h2*3-25H,1-2H3;4-21H,1-3H3. The summed E-state index contributed by atoms with van der Waals surface area (Å²) < 4.78 is 20.1. The van der Waals surface area contributed by atoms with E-state index in [0.29, 0.717) is 52.4 Å². The van der Waals surface area contributed by atoms with Gasteiger partial charge < -0.3 is 13.3 Å². The molecule has 23 aromatic rings. The number of nitrogens with zero attached hydrogens (tertiary/aromatic N) is 9. The minimum absolute atomic E-state index is 0.0805. The topological polar surface area (TPSA) is 155 Å². The molecule has 0 saturated heterocycles. The SMILES string of the molecule is CC1(C)c2ccccc2-c2c1ccc1oc3c(-c4nc(-c5ccccc5)nc(-c5ccc(-c6ccccc6)cc5)n4)cccc3c21.CC1(C)c2ccccc2-c2c1ccc1oc3c(-c4nc(-c5ccccc5)nc(-c5ccccc5-c5ccccc5)n4)cccc3c21.Cc1cccc(-c2nc(-c3ccccc3)nc(-c3cccc4c3oc3ccc5c(c34)-c3ccccc3C5(C)C)n2)c1. The van der Waals surface area contributed by atoms with E-state index in [4.69, 9.17) is 58.1 Å². The molecule has 12 nitrogen and oxygen atoms in total. The number of aromatic nitrogens is 9. The maximum absolute atomic E-state index is 6.73. The van der Waals surface area contributed by atoms with Gasteiger partial charge in [-0.3, -0.25) is 0 Å². The molecule has 3 aliphatic carbocycles. The zero-order valence-corrected chi connectivity index (χ0v) is 74.2. The maximum atomic E-state index is 6.73. The Hall–Kier alpha value is -16.8. The van der Waals surface area contributed by atoms with E-state index in [1.54, 1.807) is 0 Å². The molecule has 17 aromatic carbocycles. The third kappa shape index (κ3) is 13.4. The Labute approximate surface area is 768 Å². The monoisotopic (exact) mass is 1710 g/mol. The summed E-state index contributed by atoms with van der Waals surface area (Å²) in [6.45, 7) is 15.9. The van der Waals surface area contributed by atoms with Crippen molar-refractivity contribution < 1.29 is 13.3 Å². The molecule has 0 radical (unpaired) electrons. The number of para-hydroxylation sites is 3. The highest BCUT2D eigenvalue weighted by Crippen LogP contribution is 2.58. The molecule has 0 saturated carbocycles. The third-order valence-electron chi connectivity index (χ3n) is 27.1. The Bertz CT molecular complexity index is 8600. The van der Waals surface area contributed by atoms with Gasteiger partial charge in [0.05, 0.1) is 16.7 Å². The van der Waals surface area contributed by atoms with Crippen LogP contribution in [0, 0.1) is 6.92 Å². The number of furan rings is 3. The fourth-order valence-electron chi connectivity index (χ4n) is 20.6. The van der Waals surface area contributed by atoms with Gasteiger partial charge in [-0.05, 0) is 138 Å². The normalized spacial score (nSPS) is 13.3. The molecule has 0 aliphatic heterocycles. The molecule has 26 rings (SSSR count). The second kappa shape index (κ2) is 31.5. The molecule has 133 heavy (non-hydrogen) atoms. The molecular formula is C121H85N9O3. The van der Waals surface area contributed by atoms with Crippen molar-refractivity contribution in [2.75, 3.05) is 0 Å². The van der Waals surface area contributed by atoms with E-state index in [1.165, 1.54) is 72.3 Å². The van der Waals surface area contributed by atoms with Crippen LogP contribution in [0.4, 0.5) is 0 Å². The highest BCUT2D eigenvalue weighted by atomic mass is 16.3. The van der Waals surface area contributed by atoms with E-state index in [9.17, 15) is 0 Å². The molecule has 0 amide bonds. The number of hydrogen-bond acceptors (Lipinski definition) is 12. The van der Waals surface area contributed by atoms with Crippen molar-refractivity contribution in [1.29, 1.82) is 0 Å². The van der Waals surface area contributed by atoms with Crippen LogP contribution >= 0.6 is 0 Å². The van der Waals surface area contributed by atoms with Gasteiger partial charge in [-0.1, -0.05) is 393 Å². The van der Waals surface area contributed by atoms with Gasteiger partial charge in [-0.25, -0.2) is 44.9 Å². The van der Waals surface area contributed by atoms with Gasteiger partial charge in [0.1, 0.15) is 33.5 Å². The first-order chi connectivity index (χ1) is 65.1. The molecule has 3 aliphatic rings. The summed E-state index contributed by atoms with van der Waals surface area (Å²) in [6, 6.07) is 134. The smallest absolute Gasteiger partial charge is 0.167 e. The van der Waals surface area contributed by atoms with Crippen molar-refractivity contribution >= 4 is 65.8 Å². The van der Waals surface area contributed by atoms with Gasteiger partial charge in [0.15, 0.2) is 52.4 Å². The van der Waals surface area contributed by atoms with Crippen molar-refractivity contribution in [2.24, 2.45) is 0 Å². The predicted octanol–water partition coefficient (Wildman–Crippen LogP) is 30.9. The van der Waals surface area contributed by atoms with Gasteiger partial charge in [-0.2, -0.15) is 0 Å². The summed E-state index contributed by atoms with van der Waals surface area (Å²) >= 11 is 0. The Morgan fingerprint density at radius 3 is 0.789 bits per heavy atom. The van der Waals surface area contributed by atoms with Crippen LogP contribution in [0.2, 0.25) is 0 Å². The van der Waals surface area contributed by atoms with E-state index in [-0.39, 0.29) is 16.2 Å². The van der Waals surface area contributed by atoms with Crippen LogP contribution in [-0.4, -0.2) is 44.9 Å². The molecule has 0 bridgehead atoms.